The predicted molar refractivity (Wildman–Crippen MR) is 111 cm³/mol. The van der Waals surface area contributed by atoms with Crippen LogP contribution in [0.5, 0.6) is 0 Å². The van der Waals surface area contributed by atoms with Crippen LogP contribution in [0.15, 0.2) is 59.6 Å². The third-order valence-electron chi connectivity index (χ3n) is 4.44. The van der Waals surface area contributed by atoms with Gasteiger partial charge >= 0.3 is 0 Å². The summed E-state index contributed by atoms with van der Waals surface area (Å²) in [5.74, 6) is 0.699. The number of rotatable bonds is 7. The molecule has 0 unspecified atom stereocenters. The van der Waals surface area contributed by atoms with Crippen molar-refractivity contribution in [2.75, 3.05) is 30.3 Å². The molecular weight excluding hydrogens is 360 g/mol. The zero-order valence-corrected chi connectivity index (χ0v) is 16.4. The molecule has 27 heavy (non-hydrogen) atoms. The molecule has 7 heteroatoms. The van der Waals surface area contributed by atoms with Gasteiger partial charge in [-0.05, 0) is 30.5 Å². The first-order chi connectivity index (χ1) is 13.1. The molecule has 2 aromatic rings. The molecule has 2 aromatic carbocycles. The minimum atomic E-state index is -3.38. The number of sulfonamides is 1. The number of guanidine groups is 1. The van der Waals surface area contributed by atoms with Crippen LogP contribution in [-0.2, 0) is 23.0 Å². The maximum Gasteiger partial charge on any atom is 0.213 e. The number of anilines is 1. The lowest BCUT2D eigenvalue weighted by atomic mass is 10.2. The van der Waals surface area contributed by atoms with Crippen molar-refractivity contribution in [3.63, 3.8) is 0 Å². The lowest BCUT2D eigenvalue weighted by molar-refractivity contribution is 0.581. The lowest BCUT2D eigenvalue weighted by Gasteiger charge is -2.22. The molecule has 1 heterocycles. The van der Waals surface area contributed by atoms with Crippen LogP contribution >= 0.6 is 0 Å². The molecule has 1 aliphatic heterocycles. The second kappa shape index (κ2) is 9.01. The molecule has 0 amide bonds. The average Bonchev–Trinajstić information content (AvgIpc) is 3.11. The molecule has 0 saturated heterocycles. The van der Waals surface area contributed by atoms with E-state index in [4.69, 9.17) is 0 Å². The quantitative estimate of drug-likeness (QED) is 0.565. The summed E-state index contributed by atoms with van der Waals surface area (Å²) in [6, 6.07) is 17.7. The smallest absolute Gasteiger partial charge is 0.213 e. The third-order valence-corrected chi connectivity index (χ3v) is 5.74. The third kappa shape index (κ3) is 5.30. The molecule has 2 N–H and O–H groups in total. The second-order valence-corrected chi connectivity index (χ2v) is 8.32. The van der Waals surface area contributed by atoms with Crippen molar-refractivity contribution in [3.8, 4) is 0 Å². The van der Waals surface area contributed by atoms with Gasteiger partial charge in [-0.25, -0.2) is 13.1 Å². The zero-order chi connectivity index (χ0) is 19.1. The van der Waals surface area contributed by atoms with Gasteiger partial charge in [-0.15, -0.1) is 0 Å². The van der Waals surface area contributed by atoms with Gasteiger partial charge in [0, 0.05) is 25.3 Å². The van der Waals surface area contributed by atoms with Crippen LogP contribution in [0.2, 0.25) is 0 Å². The average molecular weight is 387 g/mol. The molecule has 0 radical (unpaired) electrons. The molecular formula is C20H26N4O2S. The van der Waals surface area contributed by atoms with E-state index in [1.807, 2.05) is 49.4 Å². The number of fused-ring (bicyclic) bond motifs is 1. The largest absolute Gasteiger partial charge is 0.356 e. The topological polar surface area (TPSA) is 73.8 Å². The van der Waals surface area contributed by atoms with Gasteiger partial charge in [-0.3, -0.25) is 4.99 Å². The first-order valence-corrected chi connectivity index (χ1v) is 10.9. The normalized spacial score (nSPS) is 14.3. The van der Waals surface area contributed by atoms with E-state index in [-0.39, 0.29) is 12.3 Å². The highest BCUT2D eigenvalue weighted by Gasteiger charge is 2.22. The predicted octanol–water partition coefficient (Wildman–Crippen LogP) is 2.13. The molecule has 3 rings (SSSR count). The van der Waals surface area contributed by atoms with Gasteiger partial charge in [0.1, 0.15) is 0 Å². The summed E-state index contributed by atoms with van der Waals surface area (Å²) in [7, 11) is -3.38. The van der Waals surface area contributed by atoms with Gasteiger partial charge in [0.15, 0.2) is 5.96 Å². The van der Waals surface area contributed by atoms with E-state index in [2.05, 4.69) is 32.1 Å². The minimum Gasteiger partial charge on any atom is -0.356 e. The standard InChI is InChI=1S/C20H26N4O2S/c1-2-21-20(24-14-12-18-10-6-7-11-19(18)24)22-13-15-27(25,26)23-16-17-8-4-3-5-9-17/h3-11,23H,2,12-16H2,1H3,(H,21,22). The highest BCUT2D eigenvalue weighted by atomic mass is 32.2. The van der Waals surface area contributed by atoms with Gasteiger partial charge in [0.2, 0.25) is 10.0 Å². The molecule has 0 atom stereocenters. The lowest BCUT2D eigenvalue weighted by Crippen LogP contribution is -2.41. The van der Waals surface area contributed by atoms with E-state index >= 15 is 0 Å². The maximum absolute atomic E-state index is 12.2. The van der Waals surface area contributed by atoms with E-state index in [9.17, 15) is 8.42 Å². The Bertz CT molecular complexity index is 882. The van der Waals surface area contributed by atoms with Crippen LogP contribution < -0.4 is 14.9 Å². The summed E-state index contributed by atoms with van der Waals surface area (Å²) in [5, 5.41) is 3.27. The van der Waals surface area contributed by atoms with Crippen molar-refractivity contribution < 1.29 is 8.42 Å². The first-order valence-electron chi connectivity index (χ1n) is 9.24. The number of hydrogen-bond donors (Lipinski definition) is 2. The Hall–Kier alpha value is -2.38. The monoisotopic (exact) mass is 386 g/mol. The molecule has 144 valence electrons. The number of nitrogens with one attached hydrogen (secondary N) is 2. The van der Waals surface area contributed by atoms with E-state index in [1.165, 1.54) is 5.56 Å². The second-order valence-electron chi connectivity index (χ2n) is 6.39. The Labute approximate surface area is 161 Å². The Kier molecular flexibility index (Phi) is 6.47. The number of benzene rings is 2. The molecule has 0 spiro atoms. The van der Waals surface area contributed by atoms with Crippen molar-refractivity contribution in [1.29, 1.82) is 0 Å². The van der Waals surface area contributed by atoms with Crippen molar-refractivity contribution in [3.05, 3.63) is 65.7 Å². The number of nitrogens with zero attached hydrogens (tertiary/aromatic N) is 2. The number of hydrogen-bond acceptors (Lipinski definition) is 3. The Morgan fingerprint density at radius 2 is 1.85 bits per heavy atom. The Balaban J connectivity index is 1.60. The van der Waals surface area contributed by atoms with Gasteiger partial charge in [0.25, 0.3) is 0 Å². The zero-order valence-electron chi connectivity index (χ0n) is 15.6. The van der Waals surface area contributed by atoms with Crippen LogP contribution in [0, 0.1) is 0 Å². The summed E-state index contributed by atoms with van der Waals surface area (Å²) in [6.07, 6.45) is 0.970. The van der Waals surface area contributed by atoms with Gasteiger partial charge in [-0.2, -0.15) is 0 Å². The van der Waals surface area contributed by atoms with E-state index in [0.29, 0.717) is 6.54 Å². The number of para-hydroxylation sites is 1. The number of aliphatic imine (C=N–C) groups is 1. The SMILES string of the molecule is CCNC(=NCCS(=O)(=O)NCc1ccccc1)N1CCc2ccccc21. The summed E-state index contributed by atoms with van der Waals surface area (Å²) < 4.78 is 27.1. The van der Waals surface area contributed by atoms with Crippen molar-refractivity contribution in [2.24, 2.45) is 4.99 Å². The highest BCUT2D eigenvalue weighted by molar-refractivity contribution is 7.89. The summed E-state index contributed by atoms with van der Waals surface area (Å²) >= 11 is 0. The van der Waals surface area contributed by atoms with Crippen molar-refractivity contribution >= 4 is 21.7 Å². The molecule has 6 nitrogen and oxygen atoms in total. The fourth-order valence-corrected chi connectivity index (χ4v) is 3.95. The molecule has 0 aliphatic carbocycles. The van der Waals surface area contributed by atoms with Crippen LogP contribution in [-0.4, -0.2) is 39.8 Å². The summed E-state index contributed by atoms with van der Waals surface area (Å²) in [5.41, 5.74) is 3.37. The summed E-state index contributed by atoms with van der Waals surface area (Å²) in [4.78, 5) is 6.67. The Morgan fingerprint density at radius 3 is 2.63 bits per heavy atom. The molecule has 0 bridgehead atoms. The maximum atomic E-state index is 12.2. The molecule has 0 saturated carbocycles. The van der Waals surface area contributed by atoms with Gasteiger partial charge in [0.05, 0.1) is 12.3 Å². The fourth-order valence-electron chi connectivity index (χ4n) is 3.09. The Morgan fingerprint density at radius 1 is 1.11 bits per heavy atom. The highest BCUT2D eigenvalue weighted by Crippen LogP contribution is 2.27. The van der Waals surface area contributed by atoms with Crippen molar-refractivity contribution in [2.45, 2.75) is 19.9 Å². The van der Waals surface area contributed by atoms with Crippen molar-refractivity contribution in [1.82, 2.24) is 10.0 Å². The first kappa shape index (κ1) is 19.4. The van der Waals surface area contributed by atoms with Gasteiger partial charge < -0.3 is 10.2 Å². The molecule has 1 aliphatic rings. The minimum absolute atomic E-state index is 0.0375. The van der Waals surface area contributed by atoms with Crippen LogP contribution in [0.4, 0.5) is 5.69 Å². The van der Waals surface area contributed by atoms with E-state index in [0.717, 1.165) is 36.7 Å². The molecule has 0 aromatic heterocycles. The van der Waals surface area contributed by atoms with E-state index < -0.39 is 10.0 Å². The van der Waals surface area contributed by atoms with Crippen LogP contribution in [0.3, 0.4) is 0 Å². The van der Waals surface area contributed by atoms with Gasteiger partial charge in [-0.1, -0.05) is 48.5 Å². The fraction of sp³-hybridized carbons (Fsp3) is 0.350. The van der Waals surface area contributed by atoms with E-state index in [1.54, 1.807) is 0 Å². The molecule has 0 fully saturated rings. The van der Waals surface area contributed by atoms with Crippen LogP contribution in [0.1, 0.15) is 18.1 Å². The summed E-state index contributed by atoms with van der Waals surface area (Å²) in [6.45, 7) is 4.11. The van der Waals surface area contributed by atoms with Crippen LogP contribution in [0.25, 0.3) is 0 Å².